The van der Waals surface area contributed by atoms with Crippen LogP contribution < -0.4 is 28.4 Å². The molecule has 3 aliphatic heterocycles. The number of halogens is 1. The Kier molecular flexibility index (Phi) is 8.54. The van der Waals surface area contributed by atoms with E-state index in [9.17, 15) is 19.7 Å². The van der Waals surface area contributed by atoms with Gasteiger partial charge in [-0.25, -0.2) is 0 Å². The Labute approximate surface area is 194 Å². The summed E-state index contributed by atoms with van der Waals surface area (Å²) in [7, 11) is 0. The topological polar surface area (TPSA) is 146 Å². The molecule has 3 aliphatic rings. The lowest BCUT2D eigenvalue weighted by Gasteiger charge is -2.23. The second kappa shape index (κ2) is 11.1. The number of hydrogen-bond acceptors (Lipinski definition) is 8. The maximum absolute atomic E-state index is 13.1. The molecule has 0 unspecified atom stereocenters. The molecule has 32 heavy (non-hydrogen) atoms. The summed E-state index contributed by atoms with van der Waals surface area (Å²) in [6.07, 6.45) is -1.64. The second-order valence-electron chi connectivity index (χ2n) is 7.71. The highest BCUT2D eigenvalue weighted by atomic mass is 35.5. The third-order valence-electron chi connectivity index (χ3n) is 5.61. The molecule has 176 valence electrons. The normalized spacial score (nSPS) is 29.4. The molecule has 1 aromatic rings. The molecule has 6 atom stereocenters. The van der Waals surface area contributed by atoms with Gasteiger partial charge in [0.25, 0.3) is 11.0 Å². The molecule has 0 saturated carbocycles. The van der Waals surface area contributed by atoms with Gasteiger partial charge < -0.3 is 42.7 Å². The molecule has 4 rings (SSSR count). The van der Waals surface area contributed by atoms with Gasteiger partial charge in [-0.1, -0.05) is 42.1 Å². The maximum Gasteiger partial charge on any atom is 0.294 e. The minimum absolute atomic E-state index is 0. The van der Waals surface area contributed by atoms with Crippen LogP contribution in [0.1, 0.15) is 5.56 Å². The summed E-state index contributed by atoms with van der Waals surface area (Å²) in [5.41, 5.74) is 0.921. The van der Waals surface area contributed by atoms with Gasteiger partial charge in [0.05, 0.1) is 25.0 Å². The first-order chi connectivity index (χ1) is 15.0. The van der Waals surface area contributed by atoms with Crippen LogP contribution in [0.2, 0.25) is 0 Å². The maximum atomic E-state index is 13.1. The fourth-order valence-electron chi connectivity index (χ4n) is 4.04. The van der Waals surface area contributed by atoms with Crippen LogP contribution in [0.25, 0.3) is 0 Å². The Morgan fingerprint density at radius 1 is 1.25 bits per heavy atom. The molecule has 0 aliphatic carbocycles. The monoisotopic (exact) mass is 488 g/mol. The fourth-order valence-corrected chi connectivity index (χ4v) is 5.09. The van der Waals surface area contributed by atoms with Gasteiger partial charge in [0.2, 0.25) is 5.91 Å². The van der Waals surface area contributed by atoms with E-state index in [1.807, 2.05) is 35.6 Å². The third kappa shape index (κ3) is 5.81. The molecule has 2 amide bonds. The number of nitrogens with one attached hydrogen (secondary N) is 2. The van der Waals surface area contributed by atoms with Crippen molar-refractivity contribution in [1.29, 1.82) is 0 Å². The van der Waals surface area contributed by atoms with Gasteiger partial charge in [-0.15, -0.1) is 10.1 Å². The zero-order valence-corrected chi connectivity index (χ0v) is 18.6. The number of carbonyl (C=O) groups is 2. The van der Waals surface area contributed by atoms with Crippen molar-refractivity contribution in [3.05, 3.63) is 46.0 Å². The van der Waals surface area contributed by atoms with Crippen LogP contribution in [0.4, 0.5) is 0 Å². The molecular formula is C19H25ClN4O7S. The lowest BCUT2D eigenvalue weighted by Crippen LogP contribution is -3.00. The summed E-state index contributed by atoms with van der Waals surface area (Å²) < 4.78 is 11.2. The number of amides is 2. The van der Waals surface area contributed by atoms with Crippen molar-refractivity contribution in [3.63, 3.8) is 0 Å². The Morgan fingerprint density at radius 2 is 2.00 bits per heavy atom. The first kappa shape index (κ1) is 24.5. The number of hydrogen-bond donors (Lipinski definition) is 3. The first-order valence-electron chi connectivity index (χ1n) is 10.1. The van der Waals surface area contributed by atoms with Crippen molar-refractivity contribution in [2.45, 2.75) is 42.9 Å². The summed E-state index contributed by atoms with van der Waals surface area (Å²) >= 11 is 1.68. The quantitative estimate of drug-likeness (QED) is 0.244. The number of quaternary nitrogens is 1. The number of nitrogens with zero attached hydrogens (tertiary/aromatic N) is 1. The zero-order chi connectivity index (χ0) is 21.8. The predicted molar refractivity (Wildman–Crippen MR) is 108 cm³/mol. The van der Waals surface area contributed by atoms with Gasteiger partial charge in [0, 0.05) is 6.42 Å². The largest absolute Gasteiger partial charge is 1.00 e. The van der Waals surface area contributed by atoms with Crippen molar-refractivity contribution in [2.24, 2.45) is 0 Å². The van der Waals surface area contributed by atoms with E-state index in [0.29, 0.717) is 12.2 Å². The van der Waals surface area contributed by atoms with E-state index in [0.717, 1.165) is 11.4 Å². The van der Waals surface area contributed by atoms with Crippen molar-refractivity contribution in [3.8, 4) is 0 Å². The molecule has 4 N–H and O–H groups in total. The van der Waals surface area contributed by atoms with E-state index < -0.39 is 35.5 Å². The summed E-state index contributed by atoms with van der Waals surface area (Å²) in [4.78, 5) is 41.0. The summed E-state index contributed by atoms with van der Waals surface area (Å²) in [6.45, 7) is 0.166. The smallest absolute Gasteiger partial charge is 0.294 e. The molecular weight excluding hydrogens is 464 g/mol. The van der Waals surface area contributed by atoms with Gasteiger partial charge in [-0.2, -0.15) is 0 Å². The summed E-state index contributed by atoms with van der Waals surface area (Å²) in [5.74, 6) is 1.01. The number of rotatable bonds is 8. The van der Waals surface area contributed by atoms with E-state index in [-0.39, 0.29) is 43.5 Å². The van der Waals surface area contributed by atoms with Crippen LogP contribution in [0, 0.1) is 10.1 Å². The molecule has 0 bridgehead atoms. The lowest BCUT2D eigenvalue weighted by atomic mass is 10.0. The average Bonchev–Trinajstić information content (AvgIpc) is 3.48. The Balaban J connectivity index is 0.00000289. The molecule has 0 radical (unpaired) electrons. The number of ether oxygens (including phenoxy) is 2. The Morgan fingerprint density at radius 3 is 2.69 bits per heavy atom. The number of benzene rings is 1. The number of fused-ring (bicyclic) bond motifs is 1. The standard InChI is InChI=1S/C19H24N4O7S.ClH/c24-18(22-13-7-28-17-15(30-23(26)27)8-29-16(13)17)12(6-11-4-2-1-3-5-11)21-19(25)14-9-31-10-20-14;/h1-5,12-17,20H,6-10H2,(H,21,25)(H,22,24);1H/t12-,13+,14+,15+,16-,17-;/m1./s1. The van der Waals surface area contributed by atoms with Crippen LogP contribution in [0.5, 0.6) is 0 Å². The summed E-state index contributed by atoms with van der Waals surface area (Å²) in [5, 5.41) is 17.5. The highest BCUT2D eigenvalue weighted by Gasteiger charge is 2.50. The molecule has 3 fully saturated rings. The Hall–Kier alpha value is -2.12. The van der Waals surface area contributed by atoms with Gasteiger partial charge in [0.1, 0.15) is 24.1 Å². The van der Waals surface area contributed by atoms with Gasteiger partial charge in [-0.05, 0) is 5.56 Å². The number of nitrogens with two attached hydrogens (primary N) is 1. The molecule has 1 aromatic carbocycles. The van der Waals surface area contributed by atoms with E-state index in [2.05, 4.69) is 15.5 Å². The molecule has 0 aromatic heterocycles. The van der Waals surface area contributed by atoms with Gasteiger partial charge in [0.15, 0.2) is 12.1 Å². The number of carbonyl (C=O) groups excluding carboxylic acids is 2. The second-order valence-corrected chi connectivity index (χ2v) is 8.78. The van der Waals surface area contributed by atoms with Crippen LogP contribution in [-0.4, -0.2) is 78.2 Å². The SMILES string of the molecule is O=C(N[C@H](Cc1ccccc1)C(=O)N[C@H]1CO[C@H]2[C@@H]1OC[C@@H]2O[N+](=O)[O-])[C@@H]1CSC[NH2+]1.[Cl-]. The highest BCUT2D eigenvalue weighted by molar-refractivity contribution is 7.99. The molecule has 3 heterocycles. The third-order valence-corrected chi connectivity index (χ3v) is 6.63. The van der Waals surface area contributed by atoms with Crippen LogP contribution >= 0.6 is 11.8 Å². The van der Waals surface area contributed by atoms with Crippen molar-refractivity contribution in [1.82, 2.24) is 10.6 Å². The number of thioether (sulfide) groups is 1. The van der Waals surface area contributed by atoms with E-state index in [1.54, 1.807) is 11.8 Å². The highest BCUT2D eigenvalue weighted by Crippen LogP contribution is 2.29. The molecule has 3 saturated heterocycles. The van der Waals surface area contributed by atoms with E-state index in [1.165, 1.54) is 0 Å². The fraction of sp³-hybridized carbons (Fsp3) is 0.579. The minimum Gasteiger partial charge on any atom is -1.00 e. The van der Waals surface area contributed by atoms with E-state index in [4.69, 9.17) is 9.47 Å². The van der Waals surface area contributed by atoms with Crippen molar-refractivity contribution in [2.75, 3.05) is 24.8 Å². The van der Waals surface area contributed by atoms with Gasteiger partial charge in [-0.3, -0.25) is 9.59 Å². The zero-order valence-electron chi connectivity index (χ0n) is 17.1. The summed E-state index contributed by atoms with van der Waals surface area (Å²) in [6, 6.07) is 7.99. The molecule has 13 heteroatoms. The predicted octanol–water partition coefficient (Wildman–Crippen LogP) is -4.79. The Bertz CT molecular complexity index is 814. The van der Waals surface area contributed by atoms with Crippen molar-refractivity contribution >= 4 is 23.6 Å². The average molecular weight is 489 g/mol. The van der Waals surface area contributed by atoms with Crippen LogP contribution in [0.15, 0.2) is 30.3 Å². The van der Waals surface area contributed by atoms with Crippen LogP contribution in [-0.2, 0) is 30.3 Å². The van der Waals surface area contributed by atoms with Gasteiger partial charge >= 0.3 is 0 Å². The van der Waals surface area contributed by atoms with E-state index >= 15 is 0 Å². The molecule has 11 nitrogen and oxygen atoms in total. The van der Waals surface area contributed by atoms with Crippen molar-refractivity contribution < 1.29 is 46.7 Å². The first-order valence-corrected chi connectivity index (χ1v) is 11.3. The lowest BCUT2D eigenvalue weighted by molar-refractivity contribution is -0.769. The molecule has 0 spiro atoms. The minimum atomic E-state index is -0.866. The van der Waals surface area contributed by atoms with Crippen LogP contribution in [0.3, 0.4) is 0 Å².